The van der Waals surface area contributed by atoms with Gasteiger partial charge in [0.05, 0.1) is 11.1 Å². The normalized spacial score (nSPS) is 10.3. The summed E-state index contributed by atoms with van der Waals surface area (Å²) < 4.78 is 10.3. The summed E-state index contributed by atoms with van der Waals surface area (Å²) in [5.74, 6) is -1.59. The van der Waals surface area contributed by atoms with Crippen LogP contribution in [-0.2, 0) is 0 Å². The molecule has 136 valence electrons. The highest BCUT2D eigenvalue weighted by Gasteiger charge is 2.14. The molecule has 0 amide bonds. The monoisotopic (exact) mass is 402 g/mol. The predicted molar refractivity (Wildman–Crippen MR) is 101 cm³/mol. The number of hydrogen-bond acceptors (Lipinski definition) is 5. The zero-order chi connectivity index (χ0) is 19.4. The molecule has 0 spiro atoms. The first-order chi connectivity index (χ1) is 12.9. The zero-order valence-electron chi connectivity index (χ0n) is 13.7. The number of hydrogen-bond donors (Lipinski definition) is 1. The molecule has 0 aliphatic rings. The maximum absolute atomic E-state index is 12.1. The van der Waals surface area contributed by atoms with Gasteiger partial charge in [-0.3, -0.25) is 0 Å². The van der Waals surface area contributed by atoms with Crippen LogP contribution in [0, 0.1) is 0 Å². The lowest BCUT2D eigenvalue weighted by Gasteiger charge is -2.09. The van der Waals surface area contributed by atoms with E-state index >= 15 is 0 Å². The Morgan fingerprint density at radius 2 is 1.19 bits per heavy atom. The van der Waals surface area contributed by atoms with Crippen LogP contribution in [0.3, 0.4) is 0 Å². The van der Waals surface area contributed by atoms with E-state index in [-0.39, 0.29) is 22.8 Å². The van der Waals surface area contributed by atoms with Crippen LogP contribution < -0.4 is 9.47 Å². The SMILES string of the molecule is O=C(Oc1ccc(OC(=O)c2ccc(Cl)cc2)c(O)c1)c1ccc(Cl)cc1. The van der Waals surface area contributed by atoms with Gasteiger partial charge in [-0.05, 0) is 60.7 Å². The van der Waals surface area contributed by atoms with Crippen LogP contribution in [0.2, 0.25) is 10.0 Å². The molecule has 0 atom stereocenters. The molecule has 0 heterocycles. The summed E-state index contributed by atoms with van der Waals surface area (Å²) in [7, 11) is 0. The topological polar surface area (TPSA) is 72.8 Å². The number of phenols is 1. The van der Waals surface area contributed by atoms with E-state index in [1.54, 1.807) is 24.3 Å². The van der Waals surface area contributed by atoms with Gasteiger partial charge in [-0.1, -0.05) is 23.2 Å². The highest BCUT2D eigenvalue weighted by Crippen LogP contribution is 2.31. The Morgan fingerprint density at radius 3 is 1.67 bits per heavy atom. The van der Waals surface area contributed by atoms with Gasteiger partial charge in [-0.25, -0.2) is 9.59 Å². The molecule has 27 heavy (non-hydrogen) atoms. The van der Waals surface area contributed by atoms with Crippen LogP contribution in [0.1, 0.15) is 20.7 Å². The van der Waals surface area contributed by atoms with E-state index in [0.717, 1.165) is 0 Å². The van der Waals surface area contributed by atoms with Crippen molar-refractivity contribution in [3.63, 3.8) is 0 Å². The van der Waals surface area contributed by atoms with Gasteiger partial charge in [-0.2, -0.15) is 0 Å². The van der Waals surface area contributed by atoms with E-state index in [4.69, 9.17) is 32.7 Å². The third kappa shape index (κ3) is 4.78. The summed E-state index contributed by atoms with van der Waals surface area (Å²) in [5, 5.41) is 11.0. The molecule has 0 aliphatic carbocycles. The maximum atomic E-state index is 12.1. The Kier molecular flexibility index (Phi) is 5.64. The quantitative estimate of drug-likeness (QED) is 0.483. The second-order valence-corrected chi connectivity index (χ2v) is 6.30. The number of ether oxygens (including phenoxy) is 2. The van der Waals surface area contributed by atoms with E-state index in [9.17, 15) is 14.7 Å². The Balaban J connectivity index is 1.69. The molecule has 0 aliphatic heterocycles. The molecule has 3 aromatic carbocycles. The number of phenolic OH excluding ortho intramolecular Hbond substituents is 1. The fourth-order valence-electron chi connectivity index (χ4n) is 2.14. The molecule has 1 N–H and O–H groups in total. The van der Waals surface area contributed by atoms with E-state index in [1.165, 1.54) is 42.5 Å². The second-order valence-electron chi connectivity index (χ2n) is 5.42. The van der Waals surface area contributed by atoms with Crippen molar-refractivity contribution in [2.75, 3.05) is 0 Å². The summed E-state index contributed by atoms with van der Waals surface area (Å²) in [4.78, 5) is 24.1. The van der Waals surface area contributed by atoms with Gasteiger partial charge < -0.3 is 14.6 Å². The first-order valence-electron chi connectivity index (χ1n) is 7.71. The van der Waals surface area contributed by atoms with Gasteiger partial charge in [0.15, 0.2) is 11.5 Å². The lowest BCUT2D eigenvalue weighted by Crippen LogP contribution is -2.09. The molecule has 0 radical (unpaired) electrons. The lowest BCUT2D eigenvalue weighted by atomic mass is 10.2. The largest absolute Gasteiger partial charge is 0.504 e. The Hall–Kier alpha value is -3.02. The van der Waals surface area contributed by atoms with Gasteiger partial charge in [-0.15, -0.1) is 0 Å². The van der Waals surface area contributed by atoms with Gasteiger partial charge in [0.25, 0.3) is 0 Å². The van der Waals surface area contributed by atoms with Crippen molar-refractivity contribution in [1.82, 2.24) is 0 Å². The number of aromatic hydroxyl groups is 1. The summed E-state index contributed by atoms with van der Waals surface area (Å²) in [6, 6.07) is 16.2. The van der Waals surface area contributed by atoms with Gasteiger partial charge in [0.2, 0.25) is 0 Å². The third-order valence-corrected chi connectivity index (χ3v) is 4.01. The molecule has 0 unspecified atom stereocenters. The van der Waals surface area contributed by atoms with Crippen LogP contribution in [0.5, 0.6) is 17.2 Å². The molecular formula is C20H12Cl2O5. The Bertz CT molecular complexity index is 982. The number of carbonyl (C=O) groups excluding carboxylic acids is 2. The first kappa shape index (κ1) is 18.8. The summed E-state index contributed by atoms with van der Waals surface area (Å²) >= 11 is 11.5. The molecule has 0 saturated carbocycles. The molecular weight excluding hydrogens is 391 g/mol. The van der Waals surface area contributed by atoms with E-state index in [1.807, 2.05) is 0 Å². The molecule has 0 fully saturated rings. The number of esters is 2. The lowest BCUT2D eigenvalue weighted by molar-refractivity contribution is 0.0715. The minimum Gasteiger partial charge on any atom is -0.504 e. The van der Waals surface area contributed by atoms with Gasteiger partial charge >= 0.3 is 11.9 Å². The summed E-state index contributed by atoms with van der Waals surface area (Å²) in [6.07, 6.45) is 0. The standard InChI is InChI=1S/C20H12Cl2O5/c21-14-5-1-12(2-6-14)19(24)26-16-9-10-18(17(23)11-16)27-20(25)13-3-7-15(22)8-4-13/h1-11,23H. The van der Waals surface area contributed by atoms with Crippen molar-refractivity contribution in [1.29, 1.82) is 0 Å². The molecule has 3 rings (SSSR count). The van der Waals surface area contributed by atoms with E-state index in [0.29, 0.717) is 15.6 Å². The molecule has 0 bridgehead atoms. The van der Waals surface area contributed by atoms with Crippen LogP contribution >= 0.6 is 23.2 Å². The van der Waals surface area contributed by atoms with Crippen molar-refractivity contribution in [2.45, 2.75) is 0 Å². The number of carbonyl (C=O) groups is 2. The highest BCUT2D eigenvalue weighted by molar-refractivity contribution is 6.31. The van der Waals surface area contributed by atoms with Crippen LogP contribution in [0.4, 0.5) is 0 Å². The fraction of sp³-hybridized carbons (Fsp3) is 0. The third-order valence-electron chi connectivity index (χ3n) is 3.50. The smallest absolute Gasteiger partial charge is 0.343 e. The van der Waals surface area contributed by atoms with Crippen molar-refractivity contribution in [3.05, 3.63) is 87.9 Å². The highest BCUT2D eigenvalue weighted by atomic mass is 35.5. The minimum absolute atomic E-state index is 0.0683. The average Bonchev–Trinajstić information content (AvgIpc) is 2.65. The Morgan fingerprint density at radius 1 is 0.704 bits per heavy atom. The van der Waals surface area contributed by atoms with Crippen LogP contribution in [0.25, 0.3) is 0 Å². The van der Waals surface area contributed by atoms with Crippen molar-refractivity contribution in [3.8, 4) is 17.2 Å². The van der Waals surface area contributed by atoms with Crippen molar-refractivity contribution >= 4 is 35.1 Å². The molecule has 0 saturated heterocycles. The Labute approximate surface area is 164 Å². The summed E-state index contributed by atoms with van der Waals surface area (Å²) in [6.45, 7) is 0. The van der Waals surface area contributed by atoms with Crippen molar-refractivity contribution in [2.24, 2.45) is 0 Å². The number of halogens is 2. The van der Waals surface area contributed by atoms with E-state index in [2.05, 4.69) is 0 Å². The minimum atomic E-state index is -0.659. The maximum Gasteiger partial charge on any atom is 0.343 e. The van der Waals surface area contributed by atoms with Crippen LogP contribution in [0.15, 0.2) is 66.7 Å². The van der Waals surface area contributed by atoms with Gasteiger partial charge in [0, 0.05) is 16.1 Å². The number of benzene rings is 3. The summed E-state index contributed by atoms with van der Waals surface area (Å²) in [5.41, 5.74) is 0.578. The first-order valence-corrected chi connectivity index (χ1v) is 8.46. The number of rotatable bonds is 4. The van der Waals surface area contributed by atoms with Crippen LogP contribution in [-0.4, -0.2) is 17.0 Å². The fourth-order valence-corrected chi connectivity index (χ4v) is 2.40. The van der Waals surface area contributed by atoms with E-state index < -0.39 is 11.9 Å². The molecule has 5 nitrogen and oxygen atoms in total. The van der Waals surface area contributed by atoms with Gasteiger partial charge in [0.1, 0.15) is 5.75 Å². The molecule has 7 heteroatoms. The zero-order valence-corrected chi connectivity index (χ0v) is 15.2. The average molecular weight is 403 g/mol. The molecule has 3 aromatic rings. The molecule has 0 aromatic heterocycles. The second kappa shape index (κ2) is 8.12. The van der Waals surface area contributed by atoms with Crippen molar-refractivity contribution < 1.29 is 24.2 Å². The predicted octanol–water partition coefficient (Wildman–Crippen LogP) is 5.14.